The molecule has 1 aromatic heterocycles. The maximum absolute atomic E-state index is 12.3. The first-order valence-corrected chi connectivity index (χ1v) is 11.1. The standard InChI is InChI=1S/C23H26N4O4S/c1-3-31-19-10-6-17(7-11-19)12-13-24-20(28)14-30-15-21-26-27-23(32-21)22(29)25-18-8-4-16(2)5-9-18/h4-11H,3,12-15H2,1-2H3,(H,24,28)(H,25,29). The normalized spacial score (nSPS) is 10.6. The summed E-state index contributed by atoms with van der Waals surface area (Å²) in [6.07, 6.45) is 0.716. The highest BCUT2D eigenvalue weighted by Crippen LogP contribution is 2.15. The van der Waals surface area contributed by atoms with E-state index in [1.807, 2.05) is 62.4 Å². The van der Waals surface area contributed by atoms with Crippen LogP contribution in [-0.2, 0) is 22.6 Å². The number of nitrogens with one attached hydrogen (secondary N) is 2. The van der Waals surface area contributed by atoms with Crippen LogP contribution in [0.2, 0.25) is 0 Å². The quantitative estimate of drug-likeness (QED) is 0.461. The van der Waals surface area contributed by atoms with Crippen LogP contribution in [-0.4, -0.2) is 41.8 Å². The Kier molecular flexibility index (Phi) is 8.70. The van der Waals surface area contributed by atoms with Gasteiger partial charge in [-0.25, -0.2) is 0 Å². The molecule has 9 heteroatoms. The van der Waals surface area contributed by atoms with Gasteiger partial charge < -0.3 is 20.1 Å². The van der Waals surface area contributed by atoms with Gasteiger partial charge in [0.05, 0.1) is 6.61 Å². The van der Waals surface area contributed by atoms with Crippen LogP contribution in [0.1, 0.15) is 32.9 Å². The van der Waals surface area contributed by atoms with Crippen LogP contribution in [0, 0.1) is 6.92 Å². The Morgan fingerprint density at radius 1 is 1.03 bits per heavy atom. The molecule has 1 heterocycles. The highest BCUT2D eigenvalue weighted by molar-refractivity contribution is 7.13. The molecule has 0 saturated heterocycles. The zero-order valence-corrected chi connectivity index (χ0v) is 18.9. The van der Waals surface area contributed by atoms with E-state index >= 15 is 0 Å². The monoisotopic (exact) mass is 454 g/mol. The number of carbonyl (C=O) groups excluding carboxylic acids is 2. The van der Waals surface area contributed by atoms with Crippen LogP contribution >= 0.6 is 11.3 Å². The predicted molar refractivity (Wildman–Crippen MR) is 123 cm³/mol. The fourth-order valence-corrected chi connectivity index (χ4v) is 3.44. The largest absolute Gasteiger partial charge is 0.494 e. The van der Waals surface area contributed by atoms with Crippen molar-refractivity contribution in [3.8, 4) is 5.75 Å². The SMILES string of the molecule is CCOc1ccc(CCNC(=O)COCc2nnc(C(=O)Nc3ccc(C)cc3)s2)cc1. The molecule has 3 aromatic rings. The molecule has 168 valence electrons. The summed E-state index contributed by atoms with van der Waals surface area (Å²) < 4.78 is 10.8. The summed E-state index contributed by atoms with van der Waals surface area (Å²) in [5.41, 5.74) is 2.91. The molecule has 0 spiro atoms. The molecule has 32 heavy (non-hydrogen) atoms. The molecule has 2 aromatic carbocycles. The number of hydrogen-bond donors (Lipinski definition) is 2. The van der Waals surface area contributed by atoms with Crippen LogP contribution in [0.5, 0.6) is 5.75 Å². The second-order valence-electron chi connectivity index (χ2n) is 6.99. The first-order chi connectivity index (χ1) is 15.5. The van der Waals surface area contributed by atoms with E-state index in [-0.39, 0.29) is 30.0 Å². The first-order valence-electron chi connectivity index (χ1n) is 10.3. The number of amides is 2. The number of aromatic nitrogens is 2. The predicted octanol–water partition coefficient (Wildman–Crippen LogP) is 3.37. The van der Waals surface area contributed by atoms with Gasteiger partial charge in [0.15, 0.2) is 0 Å². The molecular weight excluding hydrogens is 428 g/mol. The van der Waals surface area contributed by atoms with Crippen LogP contribution in [0.25, 0.3) is 0 Å². The molecule has 2 amide bonds. The van der Waals surface area contributed by atoms with Crippen molar-refractivity contribution in [2.45, 2.75) is 26.9 Å². The Morgan fingerprint density at radius 2 is 1.78 bits per heavy atom. The van der Waals surface area contributed by atoms with Crippen molar-refractivity contribution in [2.24, 2.45) is 0 Å². The Morgan fingerprint density at radius 3 is 2.50 bits per heavy atom. The van der Waals surface area contributed by atoms with Crippen molar-refractivity contribution in [1.82, 2.24) is 15.5 Å². The molecule has 0 atom stereocenters. The number of anilines is 1. The first kappa shape index (κ1) is 23.4. The summed E-state index contributed by atoms with van der Waals surface area (Å²) in [5, 5.41) is 14.2. The van der Waals surface area contributed by atoms with Gasteiger partial charge in [-0.05, 0) is 50.1 Å². The maximum atomic E-state index is 12.3. The number of hydrogen-bond acceptors (Lipinski definition) is 7. The van der Waals surface area contributed by atoms with Crippen LogP contribution in [0.4, 0.5) is 5.69 Å². The lowest BCUT2D eigenvalue weighted by molar-refractivity contribution is -0.126. The molecule has 0 fully saturated rings. The fraction of sp³-hybridized carbons (Fsp3) is 0.304. The van der Waals surface area contributed by atoms with E-state index in [0.717, 1.165) is 28.2 Å². The third-order valence-electron chi connectivity index (χ3n) is 4.40. The van der Waals surface area contributed by atoms with E-state index in [1.54, 1.807) is 0 Å². The minimum absolute atomic E-state index is 0.0895. The summed E-state index contributed by atoms with van der Waals surface area (Å²) in [5.74, 6) is 0.295. The number of benzene rings is 2. The van der Waals surface area contributed by atoms with Gasteiger partial charge in [-0.3, -0.25) is 9.59 Å². The molecule has 3 rings (SSSR count). The zero-order chi connectivity index (χ0) is 22.8. The van der Waals surface area contributed by atoms with Crippen molar-refractivity contribution in [3.63, 3.8) is 0 Å². The maximum Gasteiger partial charge on any atom is 0.286 e. The lowest BCUT2D eigenvalue weighted by atomic mass is 10.1. The van der Waals surface area contributed by atoms with Gasteiger partial charge in [0.2, 0.25) is 10.9 Å². The second-order valence-corrected chi connectivity index (χ2v) is 8.05. The number of rotatable bonds is 11. The average Bonchev–Trinajstić information content (AvgIpc) is 3.26. The summed E-state index contributed by atoms with van der Waals surface area (Å²) in [6, 6.07) is 15.3. The molecule has 0 unspecified atom stereocenters. The van der Waals surface area contributed by atoms with Crippen molar-refractivity contribution >= 4 is 28.8 Å². The van der Waals surface area contributed by atoms with Gasteiger partial charge in [-0.1, -0.05) is 41.2 Å². The number of ether oxygens (including phenoxy) is 2. The minimum atomic E-state index is -0.329. The van der Waals surface area contributed by atoms with E-state index in [0.29, 0.717) is 30.3 Å². The summed E-state index contributed by atoms with van der Waals surface area (Å²) in [6.45, 7) is 5.09. The summed E-state index contributed by atoms with van der Waals surface area (Å²) >= 11 is 1.13. The van der Waals surface area contributed by atoms with E-state index in [2.05, 4.69) is 20.8 Å². The topological polar surface area (TPSA) is 102 Å². The van der Waals surface area contributed by atoms with Crippen molar-refractivity contribution in [3.05, 3.63) is 69.7 Å². The smallest absolute Gasteiger partial charge is 0.286 e. The molecular formula is C23H26N4O4S. The molecule has 0 aliphatic heterocycles. The molecule has 0 aliphatic rings. The van der Waals surface area contributed by atoms with Crippen LogP contribution < -0.4 is 15.4 Å². The fourth-order valence-electron chi connectivity index (χ4n) is 2.77. The zero-order valence-electron chi connectivity index (χ0n) is 18.1. The third-order valence-corrected chi connectivity index (χ3v) is 5.29. The Labute approximate surface area is 191 Å². The minimum Gasteiger partial charge on any atom is -0.494 e. The number of aryl methyl sites for hydroxylation is 1. The molecule has 8 nitrogen and oxygen atoms in total. The second kappa shape index (κ2) is 11.9. The Hall–Kier alpha value is -3.30. The van der Waals surface area contributed by atoms with Gasteiger partial charge in [0.1, 0.15) is 24.0 Å². The van der Waals surface area contributed by atoms with Gasteiger partial charge >= 0.3 is 0 Å². The Balaban J connectivity index is 1.34. The van der Waals surface area contributed by atoms with Gasteiger partial charge in [-0.15, -0.1) is 10.2 Å². The molecule has 2 N–H and O–H groups in total. The summed E-state index contributed by atoms with van der Waals surface area (Å²) in [7, 11) is 0. The van der Waals surface area contributed by atoms with Crippen LogP contribution in [0.3, 0.4) is 0 Å². The van der Waals surface area contributed by atoms with E-state index in [9.17, 15) is 9.59 Å². The van der Waals surface area contributed by atoms with E-state index in [1.165, 1.54) is 0 Å². The highest BCUT2D eigenvalue weighted by atomic mass is 32.1. The van der Waals surface area contributed by atoms with E-state index < -0.39 is 0 Å². The lowest BCUT2D eigenvalue weighted by Crippen LogP contribution is -2.29. The van der Waals surface area contributed by atoms with Gasteiger partial charge in [-0.2, -0.15) is 0 Å². The lowest BCUT2D eigenvalue weighted by Gasteiger charge is -2.07. The molecule has 0 saturated carbocycles. The van der Waals surface area contributed by atoms with Crippen molar-refractivity contribution in [2.75, 3.05) is 25.1 Å². The molecule has 0 radical (unpaired) electrons. The van der Waals surface area contributed by atoms with Crippen molar-refractivity contribution < 1.29 is 19.1 Å². The summed E-state index contributed by atoms with van der Waals surface area (Å²) in [4.78, 5) is 24.2. The van der Waals surface area contributed by atoms with Gasteiger partial charge in [0.25, 0.3) is 5.91 Å². The van der Waals surface area contributed by atoms with Crippen LogP contribution in [0.15, 0.2) is 48.5 Å². The number of carbonyl (C=O) groups is 2. The van der Waals surface area contributed by atoms with Gasteiger partial charge in [0, 0.05) is 12.2 Å². The molecule has 0 aliphatic carbocycles. The third kappa shape index (κ3) is 7.44. The average molecular weight is 455 g/mol. The van der Waals surface area contributed by atoms with E-state index in [4.69, 9.17) is 9.47 Å². The number of nitrogens with zero attached hydrogens (tertiary/aromatic N) is 2. The van der Waals surface area contributed by atoms with Crippen molar-refractivity contribution in [1.29, 1.82) is 0 Å². The highest BCUT2D eigenvalue weighted by Gasteiger charge is 2.13. The molecule has 0 bridgehead atoms. The Bertz CT molecular complexity index is 1020.